The van der Waals surface area contributed by atoms with Crippen molar-refractivity contribution < 1.29 is 14.4 Å². The molecule has 3 rings (SSSR count). The number of anilines is 1. The fourth-order valence-electron chi connectivity index (χ4n) is 2.52. The highest BCUT2D eigenvalue weighted by Crippen LogP contribution is 2.32. The van der Waals surface area contributed by atoms with Gasteiger partial charge < -0.3 is 14.4 Å². The van der Waals surface area contributed by atoms with Crippen molar-refractivity contribution in [3.63, 3.8) is 0 Å². The van der Waals surface area contributed by atoms with E-state index < -0.39 is 4.92 Å². The molecule has 0 saturated carbocycles. The fourth-order valence-corrected chi connectivity index (χ4v) is 2.52. The Bertz CT molecular complexity index is 670. The van der Waals surface area contributed by atoms with Gasteiger partial charge in [0.05, 0.1) is 18.1 Å². The third-order valence-corrected chi connectivity index (χ3v) is 3.75. The fraction of sp³-hybridized carbons (Fsp3) is 0.294. The predicted molar refractivity (Wildman–Crippen MR) is 86.9 cm³/mol. The molecule has 6 heteroatoms. The number of hydrogen-bond donors (Lipinski definition) is 0. The Balaban J connectivity index is 1.81. The maximum absolute atomic E-state index is 11.2. The van der Waals surface area contributed by atoms with Gasteiger partial charge in [-0.15, -0.1) is 0 Å². The van der Waals surface area contributed by atoms with E-state index in [-0.39, 0.29) is 5.69 Å². The first-order chi connectivity index (χ1) is 11.2. The molecule has 6 nitrogen and oxygen atoms in total. The first kappa shape index (κ1) is 15.3. The average Bonchev–Trinajstić information content (AvgIpc) is 2.61. The Kier molecular flexibility index (Phi) is 4.73. The van der Waals surface area contributed by atoms with Gasteiger partial charge in [-0.2, -0.15) is 0 Å². The lowest BCUT2D eigenvalue weighted by atomic mass is 10.2. The highest BCUT2D eigenvalue weighted by atomic mass is 16.6. The quantitative estimate of drug-likeness (QED) is 0.627. The van der Waals surface area contributed by atoms with Crippen LogP contribution in [0.15, 0.2) is 48.5 Å². The minimum absolute atomic E-state index is 0.0158. The second kappa shape index (κ2) is 7.11. The largest absolute Gasteiger partial charge is 0.482 e. The van der Waals surface area contributed by atoms with E-state index in [0.717, 1.165) is 24.3 Å². The molecule has 1 aliphatic heterocycles. The Morgan fingerprint density at radius 2 is 1.87 bits per heavy atom. The molecule has 0 unspecified atom stereocenters. The molecule has 0 radical (unpaired) electrons. The molecule has 0 bridgehead atoms. The maximum Gasteiger partial charge on any atom is 0.311 e. The number of ether oxygens (including phenoxy) is 2. The molecule has 0 aliphatic carbocycles. The van der Waals surface area contributed by atoms with Gasteiger partial charge in [0.25, 0.3) is 0 Å². The summed E-state index contributed by atoms with van der Waals surface area (Å²) < 4.78 is 11.1. The normalized spacial score (nSPS) is 14.5. The van der Waals surface area contributed by atoms with Crippen LogP contribution >= 0.6 is 0 Å². The van der Waals surface area contributed by atoms with Crippen LogP contribution in [0.4, 0.5) is 11.4 Å². The molecule has 0 amide bonds. The number of morpholine rings is 1. The number of nitrogens with zero attached hydrogens (tertiary/aromatic N) is 2. The summed E-state index contributed by atoms with van der Waals surface area (Å²) in [5.41, 5.74) is 1.87. The molecule has 120 valence electrons. The molecular weight excluding hydrogens is 296 g/mol. The third-order valence-electron chi connectivity index (χ3n) is 3.75. The zero-order valence-electron chi connectivity index (χ0n) is 12.7. The third kappa shape index (κ3) is 3.78. The lowest BCUT2D eigenvalue weighted by molar-refractivity contribution is -0.385. The van der Waals surface area contributed by atoms with Crippen LogP contribution in [0.25, 0.3) is 0 Å². The second-order valence-corrected chi connectivity index (χ2v) is 5.28. The predicted octanol–water partition coefficient (Wildman–Crippen LogP) is 3.01. The van der Waals surface area contributed by atoms with E-state index in [9.17, 15) is 10.1 Å². The molecule has 0 aromatic heterocycles. The summed E-state index contributed by atoms with van der Waals surface area (Å²) in [6.45, 7) is 3.18. The summed E-state index contributed by atoms with van der Waals surface area (Å²) >= 11 is 0. The van der Waals surface area contributed by atoms with Gasteiger partial charge in [-0.1, -0.05) is 30.3 Å². The van der Waals surface area contributed by atoms with Crippen LogP contribution in [0, 0.1) is 10.1 Å². The highest BCUT2D eigenvalue weighted by Gasteiger charge is 2.19. The van der Waals surface area contributed by atoms with E-state index >= 15 is 0 Å². The van der Waals surface area contributed by atoms with Gasteiger partial charge in [0.2, 0.25) is 0 Å². The number of hydrogen-bond acceptors (Lipinski definition) is 5. The minimum atomic E-state index is -0.413. The summed E-state index contributed by atoms with van der Waals surface area (Å²) in [6, 6.07) is 14.6. The topological polar surface area (TPSA) is 64.8 Å². The Morgan fingerprint density at radius 3 is 2.57 bits per heavy atom. The van der Waals surface area contributed by atoms with Crippen LogP contribution in [-0.2, 0) is 11.3 Å². The summed E-state index contributed by atoms with van der Waals surface area (Å²) in [5, 5.41) is 11.2. The van der Waals surface area contributed by atoms with Gasteiger partial charge >= 0.3 is 5.69 Å². The van der Waals surface area contributed by atoms with Crippen molar-refractivity contribution in [2.24, 2.45) is 0 Å². The van der Waals surface area contributed by atoms with E-state index in [4.69, 9.17) is 9.47 Å². The zero-order chi connectivity index (χ0) is 16.1. The number of nitro benzene ring substituents is 1. The molecule has 1 aliphatic rings. The lowest BCUT2D eigenvalue weighted by Gasteiger charge is -2.29. The SMILES string of the molecule is O=[N+]([O-])c1ccc(N2CCOCC2)cc1OCc1ccccc1. The van der Waals surface area contributed by atoms with Crippen molar-refractivity contribution in [2.75, 3.05) is 31.2 Å². The van der Waals surface area contributed by atoms with Gasteiger partial charge in [-0.05, 0) is 11.6 Å². The van der Waals surface area contributed by atoms with Gasteiger partial charge in [0.1, 0.15) is 6.61 Å². The lowest BCUT2D eigenvalue weighted by Crippen LogP contribution is -2.36. The molecule has 0 atom stereocenters. The molecule has 0 spiro atoms. The molecule has 1 heterocycles. The summed E-state index contributed by atoms with van der Waals surface area (Å²) in [5.74, 6) is 0.294. The van der Waals surface area contributed by atoms with Crippen LogP contribution in [-0.4, -0.2) is 31.2 Å². The first-order valence-corrected chi connectivity index (χ1v) is 7.52. The van der Waals surface area contributed by atoms with Gasteiger partial charge in [0, 0.05) is 30.9 Å². The zero-order valence-corrected chi connectivity index (χ0v) is 12.7. The van der Waals surface area contributed by atoms with Crippen molar-refractivity contribution in [3.05, 3.63) is 64.2 Å². The molecule has 1 saturated heterocycles. The Morgan fingerprint density at radius 1 is 1.13 bits per heavy atom. The number of benzene rings is 2. The standard InChI is InChI=1S/C17H18N2O4/c20-19(21)16-7-6-15(18-8-10-22-11-9-18)12-17(16)23-13-14-4-2-1-3-5-14/h1-7,12H,8-11,13H2. The van der Waals surface area contributed by atoms with Crippen molar-refractivity contribution in [1.82, 2.24) is 0 Å². The van der Waals surface area contributed by atoms with Crippen LogP contribution in [0.5, 0.6) is 5.75 Å². The maximum atomic E-state index is 11.2. The van der Waals surface area contributed by atoms with Crippen LogP contribution < -0.4 is 9.64 Å². The van der Waals surface area contributed by atoms with E-state index in [1.165, 1.54) is 6.07 Å². The minimum Gasteiger partial charge on any atom is -0.482 e. The van der Waals surface area contributed by atoms with Gasteiger partial charge in [0.15, 0.2) is 5.75 Å². The van der Waals surface area contributed by atoms with E-state index in [1.807, 2.05) is 30.3 Å². The molecule has 2 aromatic rings. The second-order valence-electron chi connectivity index (χ2n) is 5.28. The number of nitro groups is 1. The molecule has 0 N–H and O–H groups in total. The molecule has 23 heavy (non-hydrogen) atoms. The van der Waals surface area contributed by atoms with Crippen LogP contribution in [0.3, 0.4) is 0 Å². The van der Waals surface area contributed by atoms with E-state index in [0.29, 0.717) is 25.6 Å². The summed E-state index contributed by atoms with van der Waals surface area (Å²) in [6.07, 6.45) is 0. The molecule has 1 fully saturated rings. The van der Waals surface area contributed by atoms with Crippen molar-refractivity contribution in [2.45, 2.75) is 6.61 Å². The van der Waals surface area contributed by atoms with Gasteiger partial charge in [-0.3, -0.25) is 10.1 Å². The first-order valence-electron chi connectivity index (χ1n) is 7.52. The van der Waals surface area contributed by atoms with E-state index in [1.54, 1.807) is 12.1 Å². The highest BCUT2D eigenvalue weighted by molar-refractivity contribution is 5.59. The van der Waals surface area contributed by atoms with Crippen molar-refractivity contribution in [1.29, 1.82) is 0 Å². The smallest absolute Gasteiger partial charge is 0.311 e. The summed E-state index contributed by atoms with van der Waals surface area (Å²) in [7, 11) is 0. The van der Waals surface area contributed by atoms with Gasteiger partial charge in [-0.25, -0.2) is 0 Å². The summed E-state index contributed by atoms with van der Waals surface area (Å²) in [4.78, 5) is 12.9. The van der Waals surface area contributed by atoms with Crippen LogP contribution in [0.1, 0.15) is 5.56 Å². The average molecular weight is 314 g/mol. The Labute approximate surface area is 134 Å². The Hall–Kier alpha value is -2.60. The van der Waals surface area contributed by atoms with E-state index in [2.05, 4.69) is 4.90 Å². The molecule has 2 aromatic carbocycles. The van der Waals surface area contributed by atoms with Crippen molar-refractivity contribution >= 4 is 11.4 Å². The molecular formula is C17H18N2O4. The van der Waals surface area contributed by atoms with Crippen molar-refractivity contribution in [3.8, 4) is 5.75 Å². The number of rotatable bonds is 5. The monoisotopic (exact) mass is 314 g/mol. The van der Waals surface area contributed by atoms with Crippen LogP contribution in [0.2, 0.25) is 0 Å².